The zero-order chi connectivity index (χ0) is 22.2. The molecule has 1 atom stereocenters. The smallest absolute Gasteiger partial charge is 0.340 e. The second-order valence-electron chi connectivity index (χ2n) is 6.64. The van der Waals surface area contributed by atoms with Crippen molar-refractivity contribution in [3.63, 3.8) is 0 Å². The number of carbonyl (C=O) groups excluding carboxylic acids is 1. The van der Waals surface area contributed by atoms with Gasteiger partial charge < -0.3 is 14.1 Å². The van der Waals surface area contributed by atoms with Crippen LogP contribution in [0.25, 0.3) is 11.5 Å². The van der Waals surface area contributed by atoms with Crippen LogP contribution in [0.3, 0.4) is 0 Å². The number of hydrogen-bond donors (Lipinski definition) is 0. The molecule has 0 spiro atoms. The van der Waals surface area contributed by atoms with E-state index < -0.39 is 27.0 Å². The predicted molar refractivity (Wildman–Crippen MR) is 106 cm³/mol. The van der Waals surface area contributed by atoms with Crippen LogP contribution in [-0.2, 0) is 19.6 Å². The third-order valence-electron chi connectivity index (χ3n) is 4.46. The van der Waals surface area contributed by atoms with Crippen LogP contribution >= 0.6 is 0 Å². The summed E-state index contributed by atoms with van der Waals surface area (Å²) in [6.07, 6.45) is 3.45. The van der Waals surface area contributed by atoms with Crippen LogP contribution in [0.1, 0.15) is 18.9 Å². The Morgan fingerprint density at radius 3 is 2.71 bits per heavy atom. The molecular weight excluding hydrogens is 430 g/mol. The number of sulfonamides is 1. The van der Waals surface area contributed by atoms with Gasteiger partial charge in [0.1, 0.15) is 5.84 Å². The third kappa shape index (κ3) is 4.35. The Hall–Kier alpha value is -3.87. The zero-order valence-electron chi connectivity index (χ0n) is 16.0. The van der Waals surface area contributed by atoms with E-state index in [4.69, 9.17) is 9.15 Å². The molecule has 2 aliphatic rings. The molecule has 1 aromatic carbocycles. The minimum Gasteiger partial charge on any atom is -0.449 e. The van der Waals surface area contributed by atoms with Gasteiger partial charge in [-0.3, -0.25) is 10.1 Å². The van der Waals surface area contributed by atoms with Crippen molar-refractivity contribution in [2.24, 2.45) is 4.40 Å². The van der Waals surface area contributed by atoms with Crippen LogP contribution in [0.5, 0.6) is 0 Å². The van der Waals surface area contributed by atoms with Crippen molar-refractivity contribution in [1.82, 2.24) is 15.1 Å². The molecule has 0 N–H and O–H groups in total. The normalized spacial score (nSPS) is 17.9. The standard InChI is InChI=1S/C18H15N5O7S/c1-11(16-19-20-17(30-16)12-2-5-14(6-3-12)23(25)26)29-18(24)13-4-7-15-21-31(27,28)9-8-22(15)10-13/h2-7,10-11H,8-9H2,1H3. The first-order chi connectivity index (χ1) is 14.7. The van der Waals surface area contributed by atoms with Gasteiger partial charge in [-0.15, -0.1) is 14.6 Å². The number of benzene rings is 1. The second kappa shape index (κ2) is 7.75. The molecule has 1 aromatic heterocycles. The van der Waals surface area contributed by atoms with Crippen LogP contribution in [0.15, 0.2) is 57.0 Å². The largest absolute Gasteiger partial charge is 0.449 e. The van der Waals surface area contributed by atoms with E-state index in [1.54, 1.807) is 11.8 Å². The number of nitrogens with zero attached hydrogens (tertiary/aromatic N) is 5. The van der Waals surface area contributed by atoms with Crippen molar-refractivity contribution in [2.45, 2.75) is 13.0 Å². The van der Waals surface area contributed by atoms with Gasteiger partial charge in [-0.25, -0.2) is 13.2 Å². The molecule has 1 unspecified atom stereocenters. The van der Waals surface area contributed by atoms with Gasteiger partial charge in [0, 0.05) is 30.4 Å². The lowest BCUT2D eigenvalue weighted by Gasteiger charge is -2.26. The van der Waals surface area contributed by atoms with Gasteiger partial charge in [0.15, 0.2) is 6.10 Å². The lowest BCUT2D eigenvalue weighted by Crippen LogP contribution is -2.37. The highest BCUT2D eigenvalue weighted by Crippen LogP contribution is 2.25. The molecule has 31 heavy (non-hydrogen) atoms. The van der Waals surface area contributed by atoms with Gasteiger partial charge in [0.2, 0.25) is 5.89 Å². The van der Waals surface area contributed by atoms with Crippen LogP contribution in [0, 0.1) is 10.1 Å². The molecule has 0 fully saturated rings. The molecule has 0 aliphatic carbocycles. The van der Waals surface area contributed by atoms with Crippen LogP contribution in [0.4, 0.5) is 5.69 Å². The highest BCUT2D eigenvalue weighted by Gasteiger charge is 2.27. The van der Waals surface area contributed by atoms with E-state index in [1.165, 1.54) is 42.6 Å². The molecule has 2 aliphatic heterocycles. The quantitative estimate of drug-likeness (QED) is 0.377. The molecule has 0 saturated heterocycles. The Morgan fingerprint density at radius 1 is 1.26 bits per heavy atom. The average molecular weight is 445 g/mol. The number of esters is 1. The summed E-state index contributed by atoms with van der Waals surface area (Å²) in [5.74, 6) is -0.396. The molecular formula is C18H15N5O7S. The first kappa shape index (κ1) is 20.4. The summed E-state index contributed by atoms with van der Waals surface area (Å²) in [5.41, 5.74) is 0.618. The predicted octanol–water partition coefficient (Wildman–Crippen LogP) is 1.75. The number of nitro groups is 1. The first-order valence-corrected chi connectivity index (χ1v) is 10.6. The average Bonchev–Trinajstić information content (AvgIpc) is 3.23. The third-order valence-corrected chi connectivity index (χ3v) is 5.62. The molecule has 0 radical (unpaired) electrons. The molecule has 3 heterocycles. The number of rotatable bonds is 5. The first-order valence-electron chi connectivity index (χ1n) is 9.00. The highest BCUT2D eigenvalue weighted by molar-refractivity contribution is 7.90. The van der Waals surface area contributed by atoms with E-state index >= 15 is 0 Å². The van der Waals surface area contributed by atoms with Crippen LogP contribution in [0.2, 0.25) is 0 Å². The van der Waals surface area contributed by atoms with E-state index in [0.29, 0.717) is 5.56 Å². The van der Waals surface area contributed by atoms with E-state index in [-0.39, 0.29) is 41.2 Å². The number of hydrogen-bond acceptors (Lipinski definition) is 10. The zero-order valence-corrected chi connectivity index (χ0v) is 16.9. The number of aromatic nitrogens is 2. The van der Waals surface area contributed by atoms with Crippen LogP contribution < -0.4 is 0 Å². The van der Waals surface area contributed by atoms with Gasteiger partial charge in [-0.2, -0.15) is 0 Å². The van der Waals surface area contributed by atoms with Gasteiger partial charge >= 0.3 is 5.97 Å². The van der Waals surface area contributed by atoms with Crippen molar-refractivity contribution in [3.8, 4) is 11.5 Å². The van der Waals surface area contributed by atoms with Gasteiger partial charge in [-0.1, -0.05) is 0 Å². The van der Waals surface area contributed by atoms with E-state index in [9.17, 15) is 23.3 Å². The van der Waals surface area contributed by atoms with Crippen LogP contribution in [-0.4, -0.2) is 52.5 Å². The summed E-state index contributed by atoms with van der Waals surface area (Å²) in [7, 11) is -3.48. The topological polar surface area (TPSA) is 158 Å². The number of amidine groups is 1. The van der Waals surface area contributed by atoms with Crippen molar-refractivity contribution in [3.05, 3.63) is 64.2 Å². The van der Waals surface area contributed by atoms with E-state index in [0.717, 1.165) is 0 Å². The molecule has 0 bridgehead atoms. The number of ether oxygens (including phenoxy) is 1. The van der Waals surface area contributed by atoms with Gasteiger partial charge in [0.25, 0.3) is 21.6 Å². The maximum Gasteiger partial charge on any atom is 0.340 e. The number of carbonyl (C=O) groups is 1. The molecule has 12 nitrogen and oxygen atoms in total. The SMILES string of the molecule is CC(OC(=O)C1=CN2CCS(=O)(=O)N=C2C=C1)c1nnc(-c2ccc([N+](=O)[O-])cc2)o1. The summed E-state index contributed by atoms with van der Waals surface area (Å²) in [6, 6.07) is 5.57. The lowest BCUT2D eigenvalue weighted by atomic mass is 10.2. The molecule has 4 rings (SSSR count). The number of fused-ring (bicyclic) bond motifs is 1. The summed E-state index contributed by atoms with van der Waals surface area (Å²) < 4.78 is 37.7. The number of nitro benzene ring substituents is 1. The lowest BCUT2D eigenvalue weighted by molar-refractivity contribution is -0.384. The fraction of sp³-hybridized carbons (Fsp3) is 0.222. The van der Waals surface area contributed by atoms with E-state index in [2.05, 4.69) is 14.6 Å². The second-order valence-corrected chi connectivity index (χ2v) is 8.40. The van der Waals surface area contributed by atoms with Gasteiger partial charge in [0.05, 0.1) is 16.2 Å². The van der Waals surface area contributed by atoms with Crippen molar-refractivity contribution >= 4 is 27.5 Å². The minimum absolute atomic E-state index is 0.0495. The Morgan fingerprint density at radius 2 is 2.00 bits per heavy atom. The number of non-ortho nitro benzene ring substituents is 1. The maximum absolute atomic E-state index is 12.5. The van der Waals surface area contributed by atoms with Crippen molar-refractivity contribution < 1.29 is 27.3 Å². The Kier molecular flexibility index (Phi) is 5.10. The van der Waals surface area contributed by atoms with Crippen molar-refractivity contribution in [1.29, 1.82) is 0 Å². The molecule has 0 saturated carbocycles. The summed E-state index contributed by atoms with van der Waals surface area (Å²) in [6.45, 7) is 1.73. The fourth-order valence-corrected chi connectivity index (χ4v) is 3.81. The fourth-order valence-electron chi connectivity index (χ4n) is 2.84. The Labute approximate surface area is 175 Å². The Balaban J connectivity index is 1.44. The molecule has 160 valence electrons. The van der Waals surface area contributed by atoms with Crippen molar-refractivity contribution in [2.75, 3.05) is 12.3 Å². The molecule has 13 heteroatoms. The van der Waals surface area contributed by atoms with Gasteiger partial charge in [-0.05, 0) is 31.2 Å². The monoisotopic (exact) mass is 445 g/mol. The highest BCUT2D eigenvalue weighted by atomic mass is 32.2. The minimum atomic E-state index is -3.48. The van der Waals surface area contributed by atoms with E-state index in [1.807, 2.05) is 0 Å². The molecule has 0 amide bonds. The summed E-state index contributed by atoms with van der Waals surface area (Å²) in [4.78, 5) is 24.3. The summed E-state index contributed by atoms with van der Waals surface area (Å²) >= 11 is 0. The Bertz CT molecular complexity index is 1240. The maximum atomic E-state index is 12.5. The summed E-state index contributed by atoms with van der Waals surface area (Å²) in [5, 5.41) is 18.5. The molecule has 2 aromatic rings.